The molecule has 0 aromatic heterocycles. The number of anilines is 3. The number of hydrogen-bond donors (Lipinski definition) is 0. The van der Waals surface area contributed by atoms with Crippen LogP contribution in [0.1, 0.15) is 79.0 Å². The minimum Gasteiger partial charge on any atom is -0.310 e. The molecule has 2 aliphatic carbocycles. The number of fused-ring (bicyclic) bond motifs is 12. The van der Waals surface area contributed by atoms with Crippen LogP contribution in [0.25, 0.3) is 87.6 Å². The zero-order valence-electron chi connectivity index (χ0n) is 35.8. The van der Waals surface area contributed by atoms with Crippen molar-refractivity contribution in [1.29, 1.82) is 0 Å². The molecule has 1 nitrogen and oxygen atoms in total. The molecule has 0 spiro atoms. The molecule has 0 amide bonds. The van der Waals surface area contributed by atoms with E-state index in [2.05, 4.69) is 213 Å². The normalized spacial score (nSPS) is 13.2. The van der Waals surface area contributed by atoms with Gasteiger partial charge >= 0.3 is 0 Å². The summed E-state index contributed by atoms with van der Waals surface area (Å²) in [6.07, 6.45) is 0. The van der Waals surface area contributed by atoms with Gasteiger partial charge in [-0.3, -0.25) is 0 Å². The van der Waals surface area contributed by atoms with Crippen molar-refractivity contribution in [2.75, 3.05) is 4.90 Å². The molecule has 1 heteroatoms. The zero-order chi connectivity index (χ0) is 40.7. The molecule has 9 aromatic carbocycles. The zero-order valence-corrected chi connectivity index (χ0v) is 35.8. The van der Waals surface area contributed by atoms with Crippen LogP contribution < -0.4 is 4.90 Å². The van der Waals surface area contributed by atoms with E-state index in [-0.39, 0.29) is 16.2 Å². The number of rotatable bonds is 3. The first-order valence-electron chi connectivity index (χ1n) is 21.3. The number of nitrogens with zero attached hydrogens (tertiary/aromatic N) is 1. The summed E-state index contributed by atoms with van der Waals surface area (Å²) in [7, 11) is 0. The van der Waals surface area contributed by atoms with Crippen molar-refractivity contribution in [3.05, 3.63) is 162 Å². The van der Waals surface area contributed by atoms with Crippen LogP contribution in [-0.2, 0) is 16.2 Å². The van der Waals surface area contributed by atoms with Gasteiger partial charge in [-0.05, 0) is 205 Å². The molecule has 0 heterocycles. The van der Waals surface area contributed by atoms with E-state index in [9.17, 15) is 0 Å². The third-order valence-corrected chi connectivity index (χ3v) is 13.3. The Bertz CT molecular complexity index is 3050. The van der Waals surface area contributed by atoms with Crippen molar-refractivity contribution in [2.24, 2.45) is 0 Å². The SMILES string of the molecule is CC(C)(C)c1ccc(N(c2ccc3cc4c(cc3c2)-c2cc3ccc(C(C)(C)C)cc3cc2-4)c2ccc3cc4c(cc3c2)-c2cc3ccc(C(C)(C)C)cc3cc2-4)cc1. The molecule has 288 valence electrons. The fourth-order valence-corrected chi connectivity index (χ4v) is 9.59. The molecule has 59 heavy (non-hydrogen) atoms. The second kappa shape index (κ2) is 12.2. The lowest BCUT2D eigenvalue weighted by Gasteiger charge is -2.29. The van der Waals surface area contributed by atoms with Gasteiger partial charge in [0.25, 0.3) is 0 Å². The van der Waals surface area contributed by atoms with Gasteiger partial charge in [-0.1, -0.05) is 123 Å². The van der Waals surface area contributed by atoms with E-state index in [0.29, 0.717) is 0 Å². The summed E-state index contributed by atoms with van der Waals surface area (Å²) in [6, 6.07) is 56.4. The Morgan fingerprint density at radius 1 is 0.237 bits per heavy atom. The second-order valence-electron chi connectivity index (χ2n) is 20.4. The van der Waals surface area contributed by atoms with Crippen molar-refractivity contribution in [3.8, 4) is 44.5 Å². The topological polar surface area (TPSA) is 3.24 Å². The molecule has 2 aliphatic rings. The Balaban J connectivity index is 0.999. The minimum absolute atomic E-state index is 0.0754. The predicted molar refractivity (Wildman–Crippen MR) is 256 cm³/mol. The van der Waals surface area contributed by atoms with E-state index in [1.807, 2.05) is 0 Å². The maximum Gasteiger partial charge on any atom is 0.0468 e. The Morgan fingerprint density at radius 3 is 0.814 bits per heavy atom. The Labute approximate surface area is 349 Å². The fourth-order valence-electron chi connectivity index (χ4n) is 9.59. The van der Waals surface area contributed by atoms with E-state index in [1.165, 1.54) is 104 Å². The molecular formula is C58H51N. The molecule has 0 saturated carbocycles. The summed E-state index contributed by atoms with van der Waals surface area (Å²) in [5.74, 6) is 0. The Kier molecular flexibility index (Phi) is 7.42. The third kappa shape index (κ3) is 5.73. The molecule has 0 aliphatic heterocycles. The summed E-state index contributed by atoms with van der Waals surface area (Å²) < 4.78 is 0. The number of benzene rings is 9. The summed E-state index contributed by atoms with van der Waals surface area (Å²) in [4.78, 5) is 2.44. The molecule has 0 fully saturated rings. The van der Waals surface area contributed by atoms with Gasteiger partial charge in [0.05, 0.1) is 0 Å². The Hall–Kier alpha value is -6.18. The van der Waals surface area contributed by atoms with Crippen LogP contribution in [0.2, 0.25) is 0 Å². The van der Waals surface area contributed by atoms with Crippen molar-refractivity contribution in [2.45, 2.75) is 78.6 Å². The molecule has 0 bridgehead atoms. The smallest absolute Gasteiger partial charge is 0.0468 e. The lowest BCUT2D eigenvalue weighted by Crippen LogP contribution is -2.13. The van der Waals surface area contributed by atoms with E-state index in [4.69, 9.17) is 0 Å². The highest BCUT2D eigenvalue weighted by atomic mass is 15.1. The number of hydrogen-bond acceptors (Lipinski definition) is 1. The first-order chi connectivity index (χ1) is 28.1. The maximum absolute atomic E-state index is 2.44. The van der Waals surface area contributed by atoms with Gasteiger partial charge < -0.3 is 4.90 Å². The van der Waals surface area contributed by atoms with Gasteiger partial charge in [0, 0.05) is 17.1 Å². The Morgan fingerprint density at radius 2 is 0.492 bits per heavy atom. The molecule has 0 radical (unpaired) electrons. The molecule has 0 atom stereocenters. The summed E-state index contributed by atoms with van der Waals surface area (Å²) in [6.45, 7) is 20.6. The van der Waals surface area contributed by atoms with E-state index >= 15 is 0 Å². The quantitative estimate of drug-likeness (QED) is 0.173. The van der Waals surface area contributed by atoms with Crippen LogP contribution in [0.4, 0.5) is 17.1 Å². The molecular weight excluding hydrogens is 711 g/mol. The van der Waals surface area contributed by atoms with E-state index in [0.717, 1.165) is 17.1 Å². The van der Waals surface area contributed by atoms with Crippen LogP contribution in [0.15, 0.2) is 146 Å². The standard InChI is InChI=1S/C58H51N/c1-56(2,3)42-16-20-45(21-17-42)59(46-18-12-36-28-50-52-30-38-22-43(57(4,5)6)14-10-34(38)26-48(52)54(50)32-40(36)24-46)47-19-13-37-29-51-53-31-39-23-44(58(7,8)9)15-11-35(39)27-49(53)55(51)33-41(37)25-47/h10-33H,1-9H3. The van der Waals surface area contributed by atoms with E-state index < -0.39 is 0 Å². The van der Waals surface area contributed by atoms with Crippen molar-refractivity contribution in [1.82, 2.24) is 0 Å². The molecule has 0 N–H and O–H groups in total. The first-order valence-corrected chi connectivity index (χ1v) is 21.3. The molecule has 0 saturated heterocycles. The summed E-state index contributed by atoms with van der Waals surface area (Å²) in [5.41, 5.74) is 18.7. The average Bonchev–Trinajstić information content (AvgIpc) is 3.20. The molecule has 9 aromatic rings. The van der Waals surface area contributed by atoms with Crippen molar-refractivity contribution < 1.29 is 0 Å². The van der Waals surface area contributed by atoms with Gasteiger partial charge in [-0.2, -0.15) is 0 Å². The van der Waals surface area contributed by atoms with Crippen LogP contribution in [0, 0.1) is 0 Å². The van der Waals surface area contributed by atoms with Crippen LogP contribution in [0.5, 0.6) is 0 Å². The molecule has 0 unspecified atom stereocenters. The first kappa shape index (κ1) is 35.9. The van der Waals surface area contributed by atoms with Crippen LogP contribution in [-0.4, -0.2) is 0 Å². The largest absolute Gasteiger partial charge is 0.310 e. The lowest BCUT2D eigenvalue weighted by molar-refractivity contribution is 0.590. The highest BCUT2D eigenvalue weighted by Crippen LogP contribution is 2.53. The minimum atomic E-state index is 0.0754. The van der Waals surface area contributed by atoms with Gasteiger partial charge in [0.1, 0.15) is 0 Å². The maximum atomic E-state index is 2.44. The van der Waals surface area contributed by atoms with Crippen LogP contribution >= 0.6 is 0 Å². The second-order valence-corrected chi connectivity index (χ2v) is 20.4. The monoisotopic (exact) mass is 761 g/mol. The summed E-state index contributed by atoms with van der Waals surface area (Å²) in [5, 5.41) is 10.3. The van der Waals surface area contributed by atoms with Gasteiger partial charge in [0.15, 0.2) is 0 Å². The summed E-state index contributed by atoms with van der Waals surface area (Å²) >= 11 is 0. The highest BCUT2D eigenvalue weighted by molar-refractivity contribution is 6.14. The van der Waals surface area contributed by atoms with Crippen molar-refractivity contribution >= 4 is 60.2 Å². The predicted octanol–water partition coefficient (Wildman–Crippen LogP) is 17.0. The van der Waals surface area contributed by atoms with Gasteiger partial charge in [-0.15, -0.1) is 0 Å². The average molecular weight is 762 g/mol. The van der Waals surface area contributed by atoms with Crippen LogP contribution in [0.3, 0.4) is 0 Å². The van der Waals surface area contributed by atoms with Gasteiger partial charge in [0.2, 0.25) is 0 Å². The fraction of sp³-hybridized carbons (Fsp3) is 0.207. The van der Waals surface area contributed by atoms with Crippen molar-refractivity contribution in [3.63, 3.8) is 0 Å². The molecule has 11 rings (SSSR count). The van der Waals surface area contributed by atoms with Gasteiger partial charge in [-0.25, -0.2) is 0 Å². The third-order valence-electron chi connectivity index (χ3n) is 13.3. The highest BCUT2D eigenvalue weighted by Gasteiger charge is 2.27. The lowest BCUT2D eigenvalue weighted by atomic mass is 9.77. The van der Waals surface area contributed by atoms with E-state index in [1.54, 1.807) is 0 Å².